The van der Waals surface area contributed by atoms with E-state index in [4.69, 9.17) is 0 Å². The van der Waals surface area contributed by atoms with Crippen LogP contribution in [0.5, 0.6) is 0 Å². The van der Waals surface area contributed by atoms with E-state index in [0.29, 0.717) is 19.3 Å². The fraction of sp³-hybridized carbons (Fsp3) is 0.571. The molecule has 0 aliphatic carbocycles. The number of hydrogen-bond donors (Lipinski definition) is 1. The van der Waals surface area contributed by atoms with Gasteiger partial charge >= 0.3 is 0 Å². The number of sulfone groups is 1. The van der Waals surface area contributed by atoms with E-state index in [9.17, 15) is 17.9 Å². The van der Waals surface area contributed by atoms with Crippen molar-refractivity contribution in [1.29, 1.82) is 0 Å². The van der Waals surface area contributed by atoms with Gasteiger partial charge in [-0.05, 0) is 42.9 Å². The molecule has 1 rings (SSSR count). The van der Waals surface area contributed by atoms with E-state index in [1.165, 1.54) is 12.1 Å². The molecule has 0 aliphatic rings. The Morgan fingerprint density at radius 3 is 2.63 bits per heavy atom. The van der Waals surface area contributed by atoms with Gasteiger partial charge in [-0.15, -0.1) is 0 Å². The summed E-state index contributed by atoms with van der Waals surface area (Å²) in [5.74, 6) is -0.187. The van der Waals surface area contributed by atoms with Crippen LogP contribution in [0.1, 0.15) is 25.3 Å². The van der Waals surface area contributed by atoms with Crippen LogP contribution in [0.25, 0.3) is 0 Å². The summed E-state index contributed by atoms with van der Waals surface area (Å²) in [5.41, 5.74) is 0.784. The lowest BCUT2D eigenvalue weighted by Crippen LogP contribution is -2.18. The summed E-state index contributed by atoms with van der Waals surface area (Å²) >= 11 is 0. The second kappa shape index (κ2) is 7.60. The van der Waals surface area contributed by atoms with Crippen LogP contribution in [-0.2, 0) is 16.3 Å². The highest BCUT2D eigenvalue weighted by Gasteiger charge is 2.15. The molecule has 1 unspecified atom stereocenters. The summed E-state index contributed by atoms with van der Waals surface area (Å²) in [6.45, 7) is 1.74. The third kappa shape index (κ3) is 6.16. The minimum atomic E-state index is -3.02. The summed E-state index contributed by atoms with van der Waals surface area (Å²) in [7, 11) is -3.02. The van der Waals surface area contributed by atoms with Gasteiger partial charge in [-0.2, -0.15) is 0 Å². The van der Waals surface area contributed by atoms with Crippen molar-refractivity contribution in [3.63, 3.8) is 0 Å². The van der Waals surface area contributed by atoms with Crippen LogP contribution in [0.3, 0.4) is 0 Å². The molecule has 1 aromatic rings. The van der Waals surface area contributed by atoms with Gasteiger partial charge in [0, 0.05) is 12.4 Å². The largest absolute Gasteiger partial charge is 0.396 e. The molecule has 0 saturated heterocycles. The first kappa shape index (κ1) is 16.1. The number of halogens is 1. The second-order valence-corrected chi connectivity index (χ2v) is 7.13. The first-order valence-electron chi connectivity index (χ1n) is 6.52. The molecule has 5 heteroatoms. The minimum Gasteiger partial charge on any atom is -0.396 e. The van der Waals surface area contributed by atoms with E-state index < -0.39 is 9.84 Å². The summed E-state index contributed by atoms with van der Waals surface area (Å²) in [6, 6.07) is 6.19. The van der Waals surface area contributed by atoms with Crippen molar-refractivity contribution in [3.8, 4) is 0 Å². The van der Waals surface area contributed by atoms with E-state index in [2.05, 4.69) is 0 Å². The summed E-state index contributed by atoms with van der Waals surface area (Å²) in [6.07, 6.45) is 1.52. The maximum absolute atomic E-state index is 13.0. The molecule has 19 heavy (non-hydrogen) atoms. The predicted octanol–water partition coefficient (Wildman–Crippen LogP) is 2.19. The van der Waals surface area contributed by atoms with Crippen molar-refractivity contribution in [1.82, 2.24) is 0 Å². The van der Waals surface area contributed by atoms with Crippen molar-refractivity contribution < 1.29 is 17.9 Å². The van der Waals surface area contributed by atoms with E-state index in [1.807, 2.05) is 6.92 Å². The molecular formula is C14H21FO3S. The molecule has 3 nitrogen and oxygen atoms in total. The first-order chi connectivity index (χ1) is 8.96. The summed E-state index contributed by atoms with van der Waals surface area (Å²) in [4.78, 5) is 0. The van der Waals surface area contributed by atoms with Crippen molar-refractivity contribution in [2.24, 2.45) is 5.92 Å². The summed E-state index contributed by atoms with van der Waals surface area (Å²) < 4.78 is 36.3. The molecule has 0 fully saturated rings. The Kier molecular flexibility index (Phi) is 6.45. The van der Waals surface area contributed by atoms with Crippen LogP contribution in [0.4, 0.5) is 4.39 Å². The van der Waals surface area contributed by atoms with Crippen LogP contribution in [0.15, 0.2) is 24.3 Å². The molecule has 0 aromatic heterocycles. The van der Waals surface area contributed by atoms with Gasteiger partial charge in [0.25, 0.3) is 0 Å². The zero-order valence-electron chi connectivity index (χ0n) is 11.2. The summed E-state index contributed by atoms with van der Waals surface area (Å²) in [5, 5.41) is 9.29. The Balaban J connectivity index is 2.55. The molecule has 0 saturated carbocycles. The molecule has 0 amide bonds. The molecule has 108 valence electrons. The minimum absolute atomic E-state index is 0.0847. The van der Waals surface area contributed by atoms with Crippen molar-refractivity contribution in [2.45, 2.75) is 26.2 Å². The van der Waals surface area contributed by atoms with Crippen LogP contribution >= 0.6 is 0 Å². The topological polar surface area (TPSA) is 54.4 Å². The standard InChI is InChI=1S/C14H21FO3S/c1-2-7-19(17,18)8-6-13(11-16)9-12-4-3-5-14(15)10-12/h3-5,10,13,16H,2,6-9,11H2,1H3. The molecule has 0 aliphatic heterocycles. The highest BCUT2D eigenvalue weighted by atomic mass is 32.2. The molecule has 1 N–H and O–H groups in total. The van der Waals surface area contributed by atoms with Gasteiger partial charge in [0.2, 0.25) is 0 Å². The maximum atomic E-state index is 13.0. The van der Waals surface area contributed by atoms with Gasteiger partial charge in [0.05, 0.1) is 5.75 Å². The highest BCUT2D eigenvalue weighted by molar-refractivity contribution is 7.91. The van der Waals surface area contributed by atoms with Crippen LogP contribution in [0, 0.1) is 11.7 Å². The van der Waals surface area contributed by atoms with Gasteiger partial charge < -0.3 is 5.11 Å². The Hall–Kier alpha value is -0.940. The molecular weight excluding hydrogens is 267 g/mol. The first-order valence-corrected chi connectivity index (χ1v) is 8.34. The van der Waals surface area contributed by atoms with Crippen molar-refractivity contribution >= 4 is 9.84 Å². The Morgan fingerprint density at radius 1 is 1.32 bits per heavy atom. The number of aliphatic hydroxyl groups excluding tert-OH is 1. The highest BCUT2D eigenvalue weighted by Crippen LogP contribution is 2.14. The third-order valence-electron chi connectivity index (χ3n) is 3.02. The zero-order valence-corrected chi connectivity index (χ0v) is 12.0. The average molecular weight is 288 g/mol. The van der Waals surface area contributed by atoms with E-state index in [0.717, 1.165) is 5.56 Å². The predicted molar refractivity (Wildman–Crippen MR) is 74.2 cm³/mol. The van der Waals surface area contributed by atoms with Crippen LogP contribution < -0.4 is 0 Å². The fourth-order valence-corrected chi connectivity index (χ4v) is 3.53. The number of rotatable bonds is 8. The van der Waals surface area contributed by atoms with Gasteiger partial charge in [0.15, 0.2) is 0 Å². The lowest BCUT2D eigenvalue weighted by atomic mass is 9.98. The van der Waals surface area contributed by atoms with Crippen molar-refractivity contribution in [2.75, 3.05) is 18.1 Å². The van der Waals surface area contributed by atoms with Gasteiger partial charge in [-0.25, -0.2) is 12.8 Å². The van der Waals surface area contributed by atoms with Gasteiger partial charge in [-0.3, -0.25) is 0 Å². The maximum Gasteiger partial charge on any atom is 0.150 e. The normalized spacial score (nSPS) is 13.4. The molecule has 0 bridgehead atoms. The van der Waals surface area contributed by atoms with Crippen molar-refractivity contribution in [3.05, 3.63) is 35.6 Å². The average Bonchev–Trinajstić information content (AvgIpc) is 2.34. The molecule has 1 atom stereocenters. The fourth-order valence-electron chi connectivity index (χ4n) is 2.01. The van der Waals surface area contributed by atoms with E-state index in [1.54, 1.807) is 12.1 Å². The van der Waals surface area contributed by atoms with E-state index >= 15 is 0 Å². The van der Waals surface area contributed by atoms with Crippen LogP contribution in [-0.4, -0.2) is 31.6 Å². The molecule has 0 heterocycles. The van der Waals surface area contributed by atoms with Gasteiger partial charge in [-0.1, -0.05) is 19.1 Å². The molecule has 0 spiro atoms. The number of aliphatic hydroxyl groups is 1. The van der Waals surface area contributed by atoms with E-state index in [-0.39, 0.29) is 29.8 Å². The number of benzene rings is 1. The Bertz CT molecular complexity index is 485. The lowest BCUT2D eigenvalue weighted by Gasteiger charge is -2.14. The monoisotopic (exact) mass is 288 g/mol. The molecule has 0 radical (unpaired) electrons. The Morgan fingerprint density at radius 2 is 2.05 bits per heavy atom. The smallest absolute Gasteiger partial charge is 0.150 e. The SMILES string of the molecule is CCCS(=O)(=O)CCC(CO)Cc1cccc(F)c1. The quantitative estimate of drug-likeness (QED) is 0.798. The third-order valence-corrected chi connectivity index (χ3v) is 4.91. The number of hydrogen-bond acceptors (Lipinski definition) is 3. The molecule has 1 aromatic carbocycles. The zero-order chi connectivity index (χ0) is 14.3. The lowest BCUT2D eigenvalue weighted by molar-refractivity contribution is 0.222. The van der Waals surface area contributed by atoms with Gasteiger partial charge in [0.1, 0.15) is 15.7 Å². The van der Waals surface area contributed by atoms with Crippen LogP contribution in [0.2, 0.25) is 0 Å². The second-order valence-electron chi connectivity index (χ2n) is 4.82. The Labute approximate surface area is 114 Å².